The van der Waals surface area contributed by atoms with E-state index in [1.165, 1.54) is 32.1 Å². The minimum Gasteiger partial charge on any atom is -0.341 e. The van der Waals surface area contributed by atoms with Crippen molar-refractivity contribution in [3.63, 3.8) is 0 Å². The van der Waals surface area contributed by atoms with Crippen molar-refractivity contribution >= 4 is 23.5 Å². The van der Waals surface area contributed by atoms with E-state index in [1.54, 1.807) is 0 Å². The van der Waals surface area contributed by atoms with Gasteiger partial charge in [0.25, 0.3) is 0 Å². The Morgan fingerprint density at radius 2 is 1.86 bits per heavy atom. The maximum Gasteiger partial charge on any atom is 0.231 e. The van der Waals surface area contributed by atoms with Crippen LogP contribution in [0.2, 0.25) is 5.28 Å². The van der Waals surface area contributed by atoms with Crippen LogP contribution < -0.4 is 9.80 Å². The van der Waals surface area contributed by atoms with Crippen LogP contribution in [0.1, 0.15) is 46.0 Å². The molecule has 0 aromatic carbocycles. The van der Waals surface area contributed by atoms with Crippen LogP contribution in [0.5, 0.6) is 0 Å². The third-order valence-electron chi connectivity index (χ3n) is 4.03. The molecule has 1 aromatic heterocycles. The van der Waals surface area contributed by atoms with Gasteiger partial charge in [-0.3, -0.25) is 0 Å². The number of hydrogen-bond acceptors (Lipinski definition) is 5. The Morgan fingerprint density at radius 1 is 1.14 bits per heavy atom. The Kier molecular flexibility index (Phi) is 4.48. The van der Waals surface area contributed by atoms with E-state index in [1.807, 2.05) is 0 Å². The first-order chi connectivity index (χ1) is 10.1. The molecule has 0 atom stereocenters. The van der Waals surface area contributed by atoms with Gasteiger partial charge in [0.1, 0.15) is 0 Å². The Bertz CT molecular complexity index is 483. The predicted octanol–water partition coefficient (Wildman–Crippen LogP) is 3.14. The first kappa shape index (κ1) is 14.8. The highest BCUT2D eigenvalue weighted by molar-refractivity contribution is 6.28. The molecular weight excluding hydrogens is 286 g/mol. The van der Waals surface area contributed by atoms with E-state index >= 15 is 0 Å². The van der Waals surface area contributed by atoms with Crippen LogP contribution in [0.3, 0.4) is 0 Å². The fourth-order valence-corrected chi connectivity index (χ4v) is 3.02. The summed E-state index contributed by atoms with van der Waals surface area (Å²) in [7, 11) is 0. The molecule has 1 aliphatic carbocycles. The molecule has 0 radical (unpaired) electrons. The van der Waals surface area contributed by atoms with Gasteiger partial charge in [-0.1, -0.05) is 13.8 Å². The average molecular weight is 310 g/mol. The minimum atomic E-state index is 0.315. The SMILES string of the molecule is CC(C)CN(c1nc(Cl)nc(N2CCCCC2)n1)C1CC1. The molecule has 5 nitrogen and oxygen atoms in total. The standard InChI is InChI=1S/C15H24ClN5/c1-11(2)10-21(12-6-7-12)15-18-13(16)17-14(19-15)20-8-4-3-5-9-20/h11-12H,3-10H2,1-2H3. The van der Waals surface area contributed by atoms with Crippen molar-refractivity contribution in [2.45, 2.75) is 52.0 Å². The van der Waals surface area contributed by atoms with Crippen LogP contribution in [0.4, 0.5) is 11.9 Å². The molecule has 2 aliphatic rings. The largest absolute Gasteiger partial charge is 0.341 e. The van der Waals surface area contributed by atoms with E-state index in [9.17, 15) is 0 Å². The lowest BCUT2D eigenvalue weighted by atomic mass is 10.1. The van der Waals surface area contributed by atoms with E-state index in [-0.39, 0.29) is 0 Å². The Hall–Kier alpha value is -1.10. The van der Waals surface area contributed by atoms with Gasteiger partial charge in [0.2, 0.25) is 17.2 Å². The van der Waals surface area contributed by atoms with Crippen LogP contribution in [-0.4, -0.2) is 40.6 Å². The second-order valence-electron chi connectivity index (χ2n) is 6.53. The van der Waals surface area contributed by atoms with Gasteiger partial charge < -0.3 is 9.80 Å². The first-order valence-electron chi connectivity index (χ1n) is 8.06. The molecule has 1 aromatic rings. The molecule has 1 saturated carbocycles. The van der Waals surface area contributed by atoms with Gasteiger partial charge in [0.05, 0.1) is 0 Å². The fourth-order valence-electron chi connectivity index (χ4n) is 2.87. The Morgan fingerprint density at radius 3 is 2.48 bits per heavy atom. The number of anilines is 2. The topological polar surface area (TPSA) is 45.2 Å². The summed E-state index contributed by atoms with van der Waals surface area (Å²) >= 11 is 6.16. The number of rotatable bonds is 5. The van der Waals surface area contributed by atoms with Crippen LogP contribution >= 0.6 is 11.6 Å². The lowest BCUT2D eigenvalue weighted by Crippen LogP contribution is -2.34. The molecule has 2 heterocycles. The third-order valence-corrected chi connectivity index (χ3v) is 4.20. The number of aromatic nitrogens is 3. The second-order valence-corrected chi connectivity index (χ2v) is 6.87. The molecule has 6 heteroatoms. The maximum atomic E-state index is 6.16. The van der Waals surface area contributed by atoms with Crippen molar-refractivity contribution in [3.8, 4) is 0 Å². The molecule has 0 amide bonds. The van der Waals surface area contributed by atoms with Crippen LogP contribution in [-0.2, 0) is 0 Å². The number of piperidine rings is 1. The summed E-state index contributed by atoms with van der Waals surface area (Å²) in [4.78, 5) is 18.0. The van der Waals surface area contributed by atoms with Gasteiger partial charge in [-0.15, -0.1) is 0 Å². The van der Waals surface area contributed by atoms with Crippen LogP contribution in [0, 0.1) is 5.92 Å². The molecular formula is C15H24ClN5. The van der Waals surface area contributed by atoms with Gasteiger partial charge >= 0.3 is 0 Å². The van der Waals surface area contributed by atoms with E-state index < -0.39 is 0 Å². The van der Waals surface area contributed by atoms with E-state index in [4.69, 9.17) is 16.6 Å². The summed E-state index contributed by atoms with van der Waals surface area (Å²) < 4.78 is 0. The summed E-state index contributed by atoms with van der Waals surface area (Å²) in [6, 6.07) is 0.583. The lowest BCUT2D eigenvalue weighted by molar-refractivity contribution is 0.563. The zero-order chi connectivity index (χ0) is 14.8. The van der Waals surface area contributed by atoms with Gasteiger partial charge in [-0.05, 0) is 49.6 Å². The van der Waals surface area contributed by atoms with Gasteiger partial charge in [0, 0.05) is 25.7 Å². The summed E-state index contributed by atoms with van der Waals surface area (Å²) in [6.45, 7) is 7.47. The van der Waals surface area contributed by atoms with Crippen molar-refractivity contribution in [3.05, 3.63) is 5.28 Å². The van der Waals surface area contributed by atoms with Gasteiger partial charge in [-0.2, -0.15) is 15.0 Å². The summed E-state index contributed by atoms with van der Waals surface area (Å²) in [5.41, 5.74) is 0. The van der Waals surface area contributed by atoms with Gasteiger partial charge in [0.15, 0.2) is 0 Å². The van der Waals surface area contributed by atoms with E-state index in [0.717, 1.165) is 31.5 Å². The molecule has 3 rings (SSSR count). The molecule has 0 bridgehead atoms. The summed E-state index contributed by atoms with van der Waals surface area (Å²) in [5.74, 6) is 2.09. The van der Waals surface area contributed by atoms with Crippen molar-refractivity contribution < 1.29 is 0 Å². The van der Waals surface area contributed by atoms with Crippen molar-refractivity contribution in [2.24, 2.45) is 5.92 Å². The lowest BCUT2D eigenvalue weighted by Gasteiger charge is -2.29. The zero-order valence-corrected chi connectivity index (χ0v) is 13.7. The monoisotopic (exact) mass is 309 g/mol. The molecule has 0 unspecified atom stereocenters. The fraction of sp³-hybridized carbons (Fsp3) is 0.800. The smallest absolute Gasteiger partial charge is 0.231 e. The van der Waals surface area contributed by atoms with E-state index in [0.29, 0.717) is 17.2 Å². The maximum absolute atomic E-state index is 6.16. The minimum absolute atomic E-state index is 0.315. The Labute approximate surface area is 131 Å². The molecule has 21 heavy (non-hydrogen) atoms. The third kappa shape index (κ3) is 3.76. The van der Waals surface area contributed by atoms with Crippen LogP contribution in [0.15, 0.2) is 0 Å². The Balaban J connectivity index is 1.84. The summed E-state index contributed by atoms with van der Waals surface area (Å²) in [6.07, 6.45) is 6.17. The molecule has 0 N–H and O–H groups in total. The highest BCUT2D eigenvalue weighted by Crippen LogP contribution is 2.31. The molecule has 116 valence electrons. The number of nitrogens with zero attached hydrogens (tertiary/aromatic N) is 5. The number of halogens is 1. The van der Waals surface area contributed by atoms with Crippen molar-refractivity contribution in [1.29, 1.82) is 0 Å². The highest BCUT2D eigenvalue weighted by atomic mass is 35.5. The van der Waals surface area contributed by atoms with Crippen molar-refractivity contribution in [2.75, 3.05) is 29.4 Å². The normalized spacial score (nSPS) is 19.1. The molecule has 1 aliphatic heterocycles. The quantitative estimate of drug-likeness (QED) is 0.836. The van der Waals surface area contributed by atoms with E-state index in [2.05, 4.69) is 33.6 Å². The molecule has 2 fully saturated rings. The molecule has 1 saturated heterocycles. The summed E-state index contributed by atoms with van der Waals surface area (Å²) in [5, 5.41) is 0.315. The predicted molar refractivity (Wildman–Crippen MR) is 86.1 cm³/mol. The van der Waals surface area contributed by atoms with Crippen molar-refractivity contribution in [1.82, 2.24) is 15.0 Å². The van der Waals surface area contributed by atoms with Crippen LogP contribution in [0.25, 0.3) is 0 Å². The molecule has 0 spiro atoms. The highest BCUT2D eigenvalue weighted by Gasteiger charge is 2.32. The number of hydrogen-bond donors (Lipinski definition) is 0. The van der Waals surface area contributed by atoms with Gasteiger partial charge in [-0.25, -0.2) is 0 Å². The average Bonchev–Trinajstić information content (AvgIpc) is 3.29. The second kappa shape index (κ2) is 6.34. The zero-order valence-electron chi connectivity index (χ0n) is 12.9. The first-order valence-corrected chi connectivity index (χ1v) is 8.44.